The third-order valence-electron chi connectivity index (χ3n) is 5.35. The molecule has 0 fully saturated rings. The summed E-state index contributed by atoms with van der Waals surface area (Å²) in [6, 6.07) is 22.4. The minimum atomic E-state index is -7.39. The molecule has 3 rings (SSSR count). The van der Waals surface area contributed by atoms with Crippen LogP contribution in [-0.2, 0) is 19.2 Å². The van der Waals surface area contributed by atoms with Crippen molar-refractivity contribution < 1.29 is 51.9 Å². The first-order chi connectivity index (χ1) is 17.0. The number of rotatable bonds is 9. The van der Waals surface area contributed by atoms with Crippen molar-refractivity contribution in [2.24, 2.45) is 0 Å². The molecule has 3 nitrogen and oxygen atoms in total. The summed E-state index contributed by atoms with van der Waals surface area (Å²) in [7, 11) is -8.80. The maximum Gasteiger partial charge on any atom is 0.460 e. The first-order valence-corrected chi connectivity index (χ1v) is 12.4. The Morgan fingerprint density at radius 3 is 1.16 bits per heavy atom. The fourth-order valence-corrected chi connectivity index (χ4v) is 6.08. The molecule has 0 spiro atoms. The molecule has 1 atom stereocenters. The molecule has 1 unspecified atom stereocenters. The number of hydrogen-bond acceptors (Lipinski definition) is 3. The van der Waals surface area contributed by atoms with Gasteiger partial charge in [-0.3, -0.25) is 0 Å². The fourth-order valence-electron chi connectivity index (χ4n) is 3.43. The Morgan fingerprint density at radius 2 is 0.865 bits per heavy atom. The summed E-state index contributed by atoms with van der Waals surface area (Å²) < 4.78 is 149. The van der Waals surface area contributed by atoms with Crippen molar-refractivity contribution in [1.29, 1.82) is 0 Å². The Labute approximate surface area is 207 Å². The Balaban J connectivity index is 2.17. The third-order valence-corrected chi connectivity index (χ3v) is 8.62. The van der Waals surface area contributed by atoms with Crippen LogP contribution in [-0.4, -0.2) is 31.7 Å². The smallest absolute Gasteiger partial charge is 0.245 e. The summed E-state index contributed by atoms with van der Waals surface area (Å²) in [4.78, 5) is 0. The van der Waals surface area contributed by atoms with Gasteiger partial charge in [-0.25, -0.2) is 3.97 Å². The van der Waals surface area contributed by atoms with Crippen molar-refractivity contribution in [3.8, 4) is 0 Å². The SMILES string of the molecule is O=S(=O)(OPC(c1ccccc1)(c1ccccc1)c1ccccc1)C(F)(F)C(F)(F)C(F)(F)C(F)(F)F. The van der Waals surface area contributed by atoms with E-state index in [2.05, 4.69) is 3.97 Å². The van der Waals surface area contributed by atoms with Crippen molar-refractivity contribution in [3.05, 3.63) is 108 Å². The van der Waals surface area contributed by atoms with Crippen molar-refractivity contribution in [2.45, 2.75) is 28.4 Å². The minimum Gasteiger partial charge on any atom is -0.245 e. The Kier molecular flexibility index (Phi) is 7.76. The average molecular weight is 574 g/mol. The lowest BCUT2D eigenvalue weighted by atomic mass is 9.84. The molecular weight excluding hydrogens is 558 g/mol. The van der Waals surface area contributed by atoms with Gasteiger partial charge in [-0.1, -0.05) is 91.0 Å². The van der Waals surface area contributed by atoms with E-state index in [9.17, 15) is 47.9 Å². The maximum absolute atomic E-state index is 14.3. The lowest BCUT2D eigenvalue weighted by Crippen LogP contribution is -2.63. The van der Waals surface area contributed by atoms with Gasteiger partial charge in [-0.15, -0.1) is 0 Å². The Bertz CT molecular complexity index is 1200. The second kappa shape index (κ2) is 9.92. The van der Waals surface area contributed by atoms with Gasteiger partial charge in [0.1, 0.15) is 0 Å². The largest absolute Gasteiger partial charge is 0.460 e. The number of benzene rings is 3. The highest BCUT2D eigenvalue weighted by Gasteiger charge is 2.85. The van der Waals surface area contributed by atoms with Crippen LogP contribution in [0, 0.1) is 0 Å². The molecule has 0 saturated carbocycles. The summed E-state index contributed by atoms with van der Waals surface area (Å²) in [6.45, 7) is 0. The zero-order valence-corrected chi connectivity index (χ0v) is 20.0. The molecule has 0 aliphatic carbocycles. The fraction of sp³-hybridized carbons (Fsp3) is 0.217. The van der Waals surface area contributed by atoms with E-state index in [0.29, 0.717) is 0 Å². The number of alkyl halides is 9. The molecule has 0 amide bonds. The van der Waals surface area contributed by atoms with E-state index in [1.165, 1.54) is 72.8 Å². The van der Waals surface area contributed by atoms with Crippen LogP contribution < -0.4 is 0 Å². The van der Waals surface area contributed by atoms with Crippen molar-refractivity contribution in [1.82, 2.24) is 0 Å². The molecule has 0 aliphatic heterocycles. The average Bonchev–Trinajstić information content (AvgIpc) is 2.85. The van der Waals surface area contributed by atoms with Gasteiger partial charge in [0, 0.05) is 0 Å². The first-order valence-electron chi connectivity index (χ1n) is 10.1. The molecule has 37 heavy (non-hydrogen) atoms. The highest BCUT2D eigenvalue weighted by atomic mass is 32.2. The zero-order chi connectivity index (χ0) is 27.8. The molecule has 0 heterocycles. The predicted octanol–water partition coefficient (Wildman–Crippen LogP) is 7.34. The highest BCUT2D eigenvalue weighted by molar-refractivity contribution is 7.90. The van der Waals surface area contributed by atoms with Gasteiger partial charge in [0.05, 0.1) is 14.0 Å². The lowest BCUT2D eigenvalue weighted by Gasteiger charge is -2.36. The summed E-state index contributed by atoms with van der Waals surface area (Å²) in [5.74, 6) is -14.8. The van der Waals surface area contributed by atoms with E-state index in [1.54, 1.807) is 18.2 Å². The monoisotopic (exact) mass is 574 g/mol. The molecular formula is C23H16F9O3PS. The van der Waals surface area contributed by atoms with Gasteiger partial charge < -0.3 is 0 Å². The maximum atomic E-state index is 14.3. The molecule has 14 heteroatoms. The van der Waals surface area contributed by atoms with Crippen LogP contribution in [0.25, 0.3) is 0 Å². The Morgan fingerprint density at radius 1 is 0.541 bits per heavy atom. The van der Waals surface area contributed by atoms with E-state index in [0.717, 1.165) is 0 Å². The van der Waals surface area contributed by atoms with Gasteiger partial charge in [0.15, 0.2) is 0 Å². The molecule has 200 valence electrons. The van der Waals surface area contributed by atoms with Crippen LogP contribution in [0.3, 0.4) is 0 Å². The van der Waals surface area contributed by atoms with Gasteiger partial charge in [-0.2, -0.15) is 47.9 Å². The van der Waals surface area contributed by atoms with E-state index in [-0.39, 0.29) is 16.7 Å². The van der Waals surface area contributed by atoms with Crippen LogP contribution >= 0.6 is 8.81 Å². The van der Waals surface area contributed by atoms with Gasteiger partial charge in [0.2, 0.25) is 0 Å². The topological polar surface area (TPSA) is 43.4 Å². The van der Waals surface area contributed by atoms with Crippen LogP contribution in [0.1, 0.15) is 16.7 Å². The first kappa shape index (κ1) is 28.9. The summed E-state index contributed by atoms with van der Waals surface area (Å²) >= 11 is 0. The van der Waals surface area contributed by atoms with E-state index < -0.39 is 47.4 Å². The zero-order valence-electron chi connectivity index (χ0n) is 18.2. The molecule has 0 radical (unpaired) electrons. The molecule has 0 saturated heterocycles. The molecule has 0 bridgehead atoms. The number of hydrogen-bond donors (Lipinski definition) is 0. The molecule has 0 N–H and O–H groups in total. The minimum absolute atomic E-state index is 0.233. The van der Waals surface area contributed by atoms with Crippen LogP contribution in [0.5, 0.6) is 0 Å². The standard InChI is InChI=1S/C23H16F9O3PS/c24-20(25,22(28,29)30)21(26,27)23(31,32)37(33,34)35-36-19(16-10-4-1-5-11-16,17-12-6-2-7-13-17)18-14-8-3-9-15-18/h1-15,36H. The van der Waals surface area contributed by atoms with Gasteiger partial charge >= 0.3 is 33.4 Å². The summed E-state index contributed by atoms with van der Waals surface area (Å²) in [5.41, 5.74) is 0.699. The molecule has 0 aromatic heterocycles. The van der Waals surface area contributed by atoms with Crippen molar-refractivity contribution >= 4 is 18.9 Å². The number of halogens is 9. The Hall–Kier alpha value is -2.63. The van der Waals surface area contributed by atoms with Crippen LogP contribution in [0.4, 0.5) is 39.5 Å². The van der Waals surface area contributed by atoms with Crippen LogP contribution in [0.2, 0.25) is 0 Å². The quantitative estimate of drug-likeness (QED) is 0.153. The van der Waals surface area contributed by atoms with Gasteiger partial charge in [0.25, 0.3) is 0 Å². The van der Waals surface area contributed by atoms with Crippen molar-refractivity contribution in [2.75, 3.05) is 0 Å². The van der Waals surface area contributed by atoms with E-state index in [4.69, 9.17) is 0 Å². The van der Waals surface area contributed by atoms with E-state index in [1.807, 2.05) is 0 Å². The second-order valence-electron chi connectivity index (χ2n) is 7.65. The predicted molar refractivity (Wildman–Crippen MR) is 118 cm³/mol. The summed E-state index contributed by atoms with van der Waals surface area (Å²) in [5, 5.41) is -8.73. The van der Waals surface area contributed by atoms with Crippen LogP contribution in [0.15, 0.2) is 91.0 Å². The second-order valence-corrected chi connectivity index (χ2v) is 10.7. The lowest BCUT2D eigenvalue weighted by molar-refractivity contribution is -0.382. The van der Waals surface area contributed by atoms with Crippen molar-refractivity contribution in [3.63, 3.8) is 0 Å². The summed E-state index contributed by atoms with van der Waals surface area (Å²) in [6.07, 6.45) is -7.18. The molecule has 3 aromatic rings. The van der Waals surface area contributed by atoms with E-state index >= 15 is 0 Å². The molecule has 3 aromatic carbocycles. The normalized spacial score (nSPS) is 14.3. The third kappa shape index (κ3) is 4.84. The highest BCUT2D eigenvalue weighted by Crippen LogP contribution is 2.58. The molecule has 0 aliphatic rings. The van der Waals surface area contributed by atoms with Gasteiger partial charge in [-0.05, 0) is 16.7 Å².